The summed E-state index contributed by atoms with van der Waals surface area (Å²) in [6, 6.07) is 5.80. The van der Waals surface area contributed by atoms with Gasteiger partial charge in [0.15, 0.2) is 17.5 Å². The van der Waals surface area contributed by atoms with Crippen LogP contribution >= 0.6 is 0 Å². The largest absolute Gasteiger partial charge is 0.370 e. The molecule has 2 aromatic heterocycles. The van der Waals surface area contributed by atoms with Crippen LogP contribution < -0.4 is 0 Å². The van der Waals surface area contributed by atoms with Crippen LogP contribution in [-0.2, 0) is 4.74 Å². The van der Waals surface area contributed by atoms with Gasteiger partial charge in [0.1, 0.15) is 6.10 Å². The van der Waals surface area contributed by atoms with Crippen molar-refractivity contribution >= 4 is 0 Å². The summed E-state index contributed by atoms with van der Waals surface area (Å²) < 4.78 is 7.57. The fraction of sp³-hybridized carbons (Fsp3) is 0.500. The van der Waals surface area contributed by atoms with E-state index in [4.69, 9.17) is 4.74 Å². The predicted molar refractivity (Wildman–Crippen MR) is 71.2 cm³/mol. The smallest absolute Gasteiger partial charge is 0.163 e. The third kappa shape index (κ3) is 2.38. The van der Waals surface area contributed by atoms with Gasteiger partial charge in [0.05, 0.1) is 0 Å². The minimum absolute atomic E-state index is 0.0435. The van der Waals surface area contributed by atoms with Crippen LogP contribution in [0.3, 0.4) is 0 Å². The number of rotatable bonds is 3. The van der Waals surface area contributed by atoms with Crippen LogP contribution in [0, 0.1) is 0 Å². The monoisotopic (exact) mass is 258 g/mol. The summed E-state index contributed by atoms with van der Waals surface area (Å²) in [5.41, 5.74) is 0. The van der Waals surface area contributed by atoms with Crippen molar-refractivity contribution in [2.24, 2.45) is 0 Å². The lowest BCUT2D eigenvalue weighted by Crippen LogP contribution is -2.09. The van der Waals surface area contributed by atoms with Crippen LogP contribution in [0.2, 0.25) is 0 Å². The second-order valence-electron chi connectivity index (χ2n) is 5.08. The molecule has 1 saturated heterocycles. The number of hydrogen-bond donors (Lipinski definition) is 0. The Hall–Kier alpha value is -1.75. The molecule has 1 aliphatic rings. The topological polar surface area (TPSA) is 52.8 Å². The average Bonchev–Trinajstić information content (AvgIpc) is 3.08. The van der Waals surface area contributed by atoms with E-state index in [-0.39, 0.29) is 6.10 Å². The molecule has 100 valence electrons. The van der Waals surface area contributed by atoms with Gasteiger partial charge in [-0.3, -0.25) is 0 Å². The van der Waals surface area contributed by atoms with Gasteiger partial charge < -0.3 is 4.74 Å². The lowest BCUT2D eigenvalue weighted by atomic mass is 10.2. The fourth-order valence-corrected chi connectivity index (χ4v) is 2.22. The summed E-state index contributed by atoms with van der Waals surface area (Å²) in [6.07, 6.45) is 3.90. The Balaban J connectivity index is 2.05. The summed E-state index contributed by atoms with van der Waals surface area (Å²) in [4.78, 5) is 9.01. The van der Waals surface area contributed by atoms with Crippen molar-refractivity contribution in [3.8, 4) is 5.82 Å². The molecule has 0 saturated carbocycles. The van der Waals surface area contributed by atoms with E-state index in [1.54, 1.807) is 6.20 Å². The molecule has 3 heterocycles. The van der Waals surface area contributed by atoms with Crippen molar-refractivity contribution in [1.29, 1.82) is 0 Å². The van der Waals surface area contributed by atoms with Crippen molar-refractivity contribution in [2.75, 3.05) is 6.61 Å². The van der Waals surface area contributed by atoms with E-state index in [0.29, 0.717) is 5.92 Å². The average molecular weight is 258 g/mol. The van der Waals surface area contributed by atoms with E-state index >= 15 is 0 Å². The van der Waals surface area contributed by atoms with Gasteiger partial charge in [0, 0.05) is 18.7 Å². The zero-order valence-electron chi connectivity index (χ0n) is 11.3. The molecule has 0 aromatic carbocycles. The van der Waals surface area contributed by atoms with Crippen LogP contribution in [0.15, 0.2) is 24.4 Å². The first-order valence-corrected chi connectivity index (χ1v) is 6.75. The van der Waals surface area contributed by atoms with Crippen molar-refractivity contribution in [3.63, 3.8) is 0 Å². The predicted octanol–water partition coefficient (Wildman–Crippen LogP) is 2.64. The highest BCUT2D eigenvalue weighted by molar-refractivity contribution is 5.23. The van der Waals surface area contributed by atoms with Crippen LogP contribution in [0.1, 0.15) is 50.4 Å². The lowest BCUT2D eigenvalue weighted by molar-refractivity contribution is 0.103. The Bertz CT molecular complexity index is 544. The molecular weight excluding hydrogens is 240 g/mol. The molecule has 0 unspecified atom stereocenters. The zero-order chi connectivity index (χ0) is 13.2. The molecular formula is C14H18N4O. The SMILES string of the molecule is CC(C)c1nc([C@@H]2CCCO2)n(-c2ccccn2)n1. The Kier molecular flexibility index (Phi) is 3.29. The van der Waals surface area contributed by atoms with Crippen LogP contribution in [0.25, 0.3) is 5.82 Å². The molecule has 1 fully saturated rings. The molecule has 0 radical (unpaired) electrons. The number of hydrogen-bond acceptors (Lipinski definition) is 4. The Morgan fingerprint density at radius 1 is 1.37 bits per heavy atom. The second kappa shape index (κ2) is 5.09. The van der Waals surface area contributed by atoms with Crippen molar-refractivity contribution in [1.82, 2.24) is 19.7 Å². The maximum atomic E-state index is 5.74. The minimum Gasteiger partial charge on any atom is -0.370 e. The summed E-state index contributed by atoms with van der Waals surface area (Å²) in [5, 5.41) is 4.59. The van der Waals surface area contributed by atoms with E-state index < -0.39 is 0 Å². The number of nitrogens with zero attached hydrogens (tertiary/aromatic N) is 4. The molecule has 19 heavy (non-hydrogen) atoms. The number of pyridine rings is 1. The Labute approximate surface area is 112 Å². The van der Waals surface area contributed by atoms with Crippen molar-refractivity contribution < 1.29 is 4.74 Å². The first-order chi connectivity index (χ1) is 9.25. The van der Waals surface area contributed by atoms with Gasteiger partial charge in [-0.15, -0.1) is 5.10 Å². The minimum atomic E-state index is 0.0435. The molecule has 3 rings (SSSR count). The van der Waals surface area contributed by atoms with Gasteiger partial charge in [0.2, 0.25) is 0 Å². The van der Waals surface area contributed by atoms with Gasteiger partial charge in [-0.05, 0) is 25.0 Å². The third-order valence-corrected chi connectivity index (χ3v) is 3.25. The lowest BCUT2D eigenvalue weighted by Gasteiger charge is -2.09. The van der Waals surface area contributed by atoms with Crippen LogP contribution in [0.5, 0.6) is 0 Å². The molecule has 2 aromatic rings. The van der Waals surface area contributed by atoms with Gasteiger partial charge >= 0.3 is 0 Å². The molecule has 1 atom stereocenters. The molecule has 0 amide bonds. The molecule has 5 nitrogen and oxygen atoms in total. The van der Waals surface area contributed by atoms with Gasteiger partial charge in [-0.25, -0.2) is 9.97 Å². The Morgan fingerprint density at radius 2 is 2.26 bits per heavy atom. The van der Waals surface area contributed by atoms with Crippen molar-refractivity contribution in [3.05, 3.63) is 36.0 Å². The Morgan fingerprint density at radius 3 is 2.89 bits per heavy atom. The normalized spacial score (nSPS) is 19.2. The van der Waals surface area contributed by atoms with Gasteiger partial charge in [0.25, 0.3) is 0 Å². The highest BCUT2D eigenvalue weighted by atomic mass is 16.5. The first-order valence-electron chi connectivity index (χ1n) is 6.75. The molecule has 0 N–H and O–H groups in total. The zero-order valence-corrected chi connectivity index (χ0v) is 11.3. The third-order valence-electron chi connectivity index (χ3n) is 3.25. The summed E-state index contributed by atoms with van der Waals surface area (Å²) in [5.74, 6) is 2.81. The molecule has 1 aliphatic heterocycles. The van der Waals surface area contributed by atoms with Crippen molar-refractivity contribution in [2.45, 2.75) is 38.7 Å². The fourth-order valence-electron chi connectivity index (χ4n) is 2.22. The summed E-state index contributed by atoms with van der Waals surface area (Å²) in [6.45, 7) is 4.99. The molecule has 0 spiro atoms. The van der Waals surface area contributed by atoms with E-state index in [2.05, 4.69) is 28.9 Å². The van der Waals surface area contributed by atoms with E-state index in [9.17, 15) is 0 Å². The standard InChI is InChI=1S/C14H18N4O/c1-10(2)13-16-14(11-6-5-9-19-11)18(17-13)12-7-3-4-8-15-12/h3-4,7-8,10-11H,5-6,9H2,1-2H3/t11-/m0/s1. The maximum absolute atomic E-state index is 5.74. The van der Waals surface area contributed by atoms with E-state index in [1.807, 2.05) is 22.9 Å². The summed E-state index contributed by atoms with van der Waals surface area (Å²) >= 11 is 0. The van der Waals surface area contributed by atoms with Crippen LogP contribution in [0.4, 0.5) is 0 Å². The first kappa shape index (κ1) is 12.3. The number of aromatic nitrogens is 4. The quantitative estimate of drug-likeness (QED) is 0.849. The van der Waals surface area contributed by atoms with Crippen LogP contribution in [-0.4, -0.2) is 26.4 Å². The second-order valence-corrected chi connectivity index (χ2v) is 5.08. The van der Waals surface area contributed by atoms with E-state index in [1.165, 1.54) is 0 Å². The molecule has 0 bridgehead atoms. The summed E-state index contributed by atoms with van der Waals surface area (Å²) in [7, 11) is 0. The highest BCUT2D eigenvalue weighted by Crippen LogP contribution is 2.29. The highest BCUT2D eigenvalue weighted by Gasteiger charge is 2.26. The van der Waals surface area contributed by atoms with E-state index in [0.717, 1.165) is 36.9 Å². The molecule has 0 aliphatic carbocycles. The van der Waals surface area contributed by atoms with Gasteiger partial charge in [-0.1, -0.05) is 19.9 Å². The maximum Gasteiger partial charge on any atom is 0.163 e. The number of ether oxygens (including phenoxy) is 1. The van der Waals surface area contributed by atoms with Gasteiger partial charge in [-0.2, -0.15) is 4.68 Å². The molecule has 5 heteroatoms.